The van der Waals surface area contributed by atoms with E-state index in [-0.39, 0.29) is 5.82 Å². The first-order valence-corrected chi connectivity index (χ1v) is 6.67. The van der Waals surface area contributed by atoms with Crippen LogP contribution in [0.5, 0.6) is 0 Å². The molecule has 0 radical (unpaired) electrons. The average molecular weight is 262 g/mol. The van der Waals surface area contributed by atoms with Gasteiger partial charge in [0.05, 0.1) is 0 Å². The van der Waals surface area contributed by atoms with E-state index in [1.54, 1.807) is 6.07 Å². The summed E-state index contributed by atoms with van der Waals surface area (Å²) >= 11 is 0. The van der Waals surface area contributed by atoms with E-state index < -0.39 is 0 Å². The summed E-state index contributed by atoms with van der Waals surface area (Å²) in [5, 5.41) is 0. The Morgan fingerprint density at radius 3 is 2.05 bits per heavy atom. The van der Waals surface area contributed by atoms with Crippen molar-refractivity contribution in [2.24, 2.45) is 0 Å². The lowest BCUT2D eigenvalue weighted by atomic mass is 9.97. The zero-order valence-electron chi connectivity index (χ0n) is 11.3. The quantitative estimate of drug-likeness (QED) is 0.574. The van der Waals surface area contributed by atoms with Crippen LogP contribution in [-0.4, -0.2) is 0 Å². The predicted molar refractivity (Wildman–Crippen MR) is 82.0 cm³/mol. The van der Waals surface area contributed by atoms with Gasteiger partial charge in [-0.1, -0.05) is 66.7 Å². The van der Waals surface area contributed by atoms with Crippen molar-refractivity contribution in [3.63, 3.8) is 0 Å². The van der Waals surface area contributed by atoms with Gasteiger partial charge < -0.3 is 0 Å². The van der Waals surface area contributed by atoms with Crippen LogP contribution in [0.1, 0.15) is 5.56 Å². The summed E-state index contributed by atoms with van der Waals surface area (Å²) in [6, 6.07) is 23.1. The molecular formula is C19H15F. The molecule has 1 heteroatoms. The molecular weight excluding hydrogens is 247 g/mol. The Morgan fingerprint density at radius 1 is 0.650 bits per heavy atom. The minimum Gasteiger partial charge on any atom is -0.206 e. The van der Waals surface area contributed by atoms with Crippen molar-refractivity contribution in [3.8, 4) is 22.3 Å². The standard InChI is InChI=1S/C19H15F/c1-14-7-5-6-10-17(14)16-11-12-18(19(20)13-16)15-8-3-2-4-9-15/h2-13H,1H3. The zero-order valence-corrected chi connectivity index (χ0v) is 11.3. The molecule has 0 N–H and O–H groups in total. The molecule has 0 atom stereocenters. The van der Waals surface area contributed by atoms with Crippen molar-refractivity contribution >= 4 is 0 Å². The van der Waals surface area contributed by atoms with E-state index in [1.165, 1.54) is 0 Å². The van der Waals surface area contributed by atoms with Crippen molar-refractivity contribution in [2.75, 3.05) is 0 Å². The maximum Gasteiger partial charge on any atom is 0.131 e. The summed E-state index contributed by atoms with van der Waals surface area (Å²) in [4.78, 5) is 0. The van der Waals surface area contributed by atoms with E-state index in [9.17, 15) is 4.39 Å². The molecule has 0 spiro atoms. The first-order chi connectivity index (χ1) is 9.75. The third-order valence-electron chi connectivity index (χ3n) is 3.51. The number of rotatable bonds is 2. The van der Waals surface area contributed by atoms with E-state index >= 15 is 0 Å². The van der Waals surface area contributed by atoms with E-state index in [1.807, 2.05) is 73.7 Å². The van der Waals surface area contributed by atoms with Gasteiger partial charge in [-0.25, -0.2) is 4.39 Å². The molecule has 0 aliphatic carbocycles. The summed E-state index contributed by atoms with van der Waals surface area (Å²) in [5.41, 5.74) is 4.69. The van der Waals surface area contributed by atoms with Crippen molar-refractivity contribution in [3.05, 3.63) is 84.2 Å². The monoisotopic (exact) mass is 262 g/mol. The van der Waals surface area contributed by atoms with Crippen LogP contribution in [0, 0.1) is 12.7 Å². The molecule has 3 aromatic carbocycles. The third kappa shape index (κ3) is 2.35. The Balaban J connectivity index is 2.07. The van der Waals surface area contributed by atoms with Gasteiger partial charge >= 0.3 is 0 Å². The number of hydrogen-bond donors (Lipinski definition) is 0. The highest BCUT2D eigenvalue weighted by atomic mass is 19.1. The maximum absolute atomic E-state index is 14.4. The first kappa shape index (κ1) is 12.6. The van der Waals surface area contributed by atoms with Crippen molar-refractivity contribution in [1.82, 2.24) is 0 Å². The molecule has 0 aromatic heterocycles. The Kier molecular flexibility index (Phi) is 3.34. The number of aryl methyl sites for hydroxylation is 1. The Bertz CT molecular complexity index is 730. The lowest BCUT2D eigenvalue weighted by molar-refractivity contribution is 0.632. The molecule has 0 aliphatic heterocycles. The van der Waals surface area contributed by atoms with Gasteiger partial charge in [-0.15, -0.1) is 0 Å². The fourth-order valence-corrected chi connectivity index (χ4v) is 2.43. The molecule has 0 amide bonds. The largest absolute Gasteiger partial charge is 0.206 e. The fourth-order valence-electron chi connectivity index (χ4n) is 2.43. The molecule has 0 fully saturated rings. The smallest absolute Gasteiger partial charge is 0.131 e. The second-order valence-corrected chi connectivity index (χ2v) is 4.88. The zero-order chi connectivity index (χ0) is 13.9. The van der Waals surface area contributed by atoms with Crippen LogP contribution in [0.2, 0.25) is 0 Å². The normalized spacial score (nSPS) is 10.5. The highest BCUT2D eigenvalue weighted by molar-refractivity contribution is 5.72. The van der Waals surface area contributed by atoms with Crippen molar-refractivity contribution in [2.45, 2.75) is 6.92 Å². The second-order valence-electron chi connectivity index (χ2n) is 4.88. The van der Waals surface area contributed by atoms with Gasteiger partial charge in [-0.05, 0) is 35.2 Å². The molecule has 20 heavy (non-hydrogen) atoms. The molecule has 98 valence electrons. The Labute approximate surface area is 118 Å². The Hall–Kier alpha value is -2.41. The lowest BCUT2D eigenvalue weighted by Crippen LogP contribution is -1.88. The van der Waals surface area contributed by atoms with Crippen LogP contribution in [-0.2, 0) is 0 Å². The molecule has 0 bridgehead atoms. The van der Waals surface area contributed by atoms with Gasteiger partial charge in [0.2, 0.25) is 0 Å². The molecule has 0 unspecified atom stereocenters. The minimum atomic E-state index is -0.183. The molecule has 3 aromatic rings. The van der Waals surface area contributed by atoms with E-state index in [2.05, 4.69) is 0 Å². The molecule has 0 aliphatic rings. The number of hydrogen-bond acceptors (Lipinski definition) is 0. The van der Waals surface area contributed by atoms with E-state index in [0.717, 1.165) is 22.3 Å². The summed E-state index contributed by atoms with van der Waals surface area (Å²) in [5.74, 6) is -0.183. The predicted octanol–water partition coefficient (Wildman–Crippen LogP) is 5.47. The van der Waals surface area contributed by atoms with Gasteiger partial charge in [0.1, 0.15) is 5.82 Å². The first-order valence-electron chi connectivity index (χ1n) is 6.67. The van der Waals surface area contributed by atoms with Crippen LogP contribution in [0.15, 0.2) is 72.8 Å². The molecule has 0 nitrogen and oxygen atoms in total. The van der Waals surface area contributed by atoms with Gasteiger partial charge in [0.15, 0.2) is 0 Å². The van der Waals surface area contributed by atoms with Crippen molar-refractivity contribution < 1.29 is 4.39 Å². The van der Waals surface area contributed by atoms with Gasteiger partial charge in [0.25, 0.3) is 0 Å². The lowest BCUT2D eigenvalue weighted by Gasteiger charge is -2.09. The van der Waals surface area contributed by atoms with E-state index in [0.29, 0.717) is 5.56 Å². The molecule has 0 saturated heterocycles. The molecule has 0 heterocycles. The van der Waals surface area contributed by atoms with Crippen LogP contribution in [0.25, 0.3) is 22.3 Å². The van der Waals surface area contributed by atoms with Crippen LogP contribution < -0.4 is 0 Å². The van der Waals surface area contributed by atoms with Crippen LogP contribution in [0.3, 0.4) is 0 Å². The molecule has 0 saturated carbocycles. The maximum atomic E-state index is 14.4. The van der Waals surface area contributed by atoms with Crippen LogP contribution >= 0.6 is 0 Å². The van der Waals surface area contributed by atoms with Gasteiger partial charge in [-0.3, -0.25) is 0 Å². The van der Waals surface area contributed by atoms with Gasteiger partial charge in [-0.2, -0.15) is 0 Å². The van der Waals surface area contributed by atoms with Gasteiger partial charge in [0, 0.05) is 5.56 Å². The average Bonchev–Trinajstić information content (AvgIpc) is 2.48. The highest BCUT2D eigenvalue weighted by Gasteiger charge is 2.08. The topological polar surface area (TPSA) is 0 Å². The molecule has 3 rings (SSSR count). The fraction of sp³-hybridized carbons (Fsp3) is 0.0526. The third-order valence-corrected chi connectivity index (χ3v) is 3.51. The summed E-state index contributed by atoms with van der Waals surface area (Å²) in [7, 11) is 0. The summed E-state index contributed by atoms with van der Waals surface area (Å²) in [6.45, 7) is 2.04. The summed E-state index contributed by atoms with van der Waals surface area (Å²) < 4.78 is 14.4. The van der Waals surface area contributed by atoms with Crippen molar-refractivity contribution in [1.29, 1.82) is 0 Å². The highest BCUT2D eigenvalue weighted by Crippen LogP contribution is 2.29. The SMILES string of the molecule is Cc1ccccc1-c1ccc(-c2ccccc2)c(F)c1. The number of halogens is 1. The summed E-state index contributed by atoms with van der Waals surface area (Å²) in [6.07, 6.45) is 0. The number of benzene rings is 3. The Morgan fingerprint density at radius 2 is 1.35 bits per heavy atom. The minimum absolute atomic E-state index is 0.183. The second kappa shape index (κ2) is 5.30. The van der Waals surface area contributed by atoms with Crippen LogP contribution in [0.4, 0.5) is 4.39 Å². The van der Waals surface area contributed by atoms with E-state index in [4.69, 9.17) is 0 Å².